The van der Waals surface area contributed by atoms with E-state index in [9.17, 15) is 9.18 Å². The van der Waals surface area contributed by atoms with Crippen molar-refractivity contribution < 1.29 is 9.18 Å². The van der Waals surface area contributed by atoms with Crippen LogP contribution in [-0.4, -0.2) is 55.5 Å². The van der Waals surface area contributed by atoms with Gasteiger partial charge in [-0.2, -0.15) is 0 Å². The zero-order valence-corrected chi connectivity index (χ0v) is 12.5. The van der Waals surface area contributed by atoms with Gasteiger partial charge in [0.2, 0.25) is 5.91 Å². The van der Waals surface area contributed by atoms with Gasteiger partial charge in [0.15, 0.2) is 0 Å². The number of carbonyl (C=O) groups excluding carboxylic acids is 1. The molecule has 2 rings (SSSR count). The summed E-state index contributed by atoms with van der Waals surface area (Å²) in [5.74, 6) is -0.264. The van der Waals surface area contributed by atoms with Crippen LogP contribution in [0.25, 0.3) is 0 Å². The van der Waals surface area contributed by atoms with Crippen LogP contribution in [-0.2, 0) is 11.3 Å². The van der Waals surface area contributed by atoms with E-state index in [1.165, 1.54) is 12.1 Å². The van der Waals surface area contributed by atoms with Gasteiger partial charge in [0.1, 0.15) is 11.9 Å². The fourth-order valence-corrected chi connectivity index (χ4v) is 2.54. The lowest BCUT2D eigenvalue weighted by atomic mass is 10.1. The van der Waals surface area contributed by atoms with Gasteiger partial charge in [-0.1, -0.05) is 11.6 Å². The van der Waals surface area contributed by atoms with Crippen molar-refractivity contribution in [2.45, 2.75) is 12.6 Å². The number of benzene rings is 1. The van der Waals surface area contributed by atoms with Crippen molar-refractivity contribution in [1.29, 1.82) is 0 Å². The fourth-order valence-electron chi connectivity index (χ4n) is 2.36. The first-order valence-electron chi connectivity index (χ1n) is 6.59. The lowest BCUT2D eigenvalue weighted by Gasteiger charge is -2.36. The lowest BCUT2D eigenvalue weighted by molar-refractivity contribution is -0.135. The van der Waals surface area contributed by atoms with Crippen molar-refractivity contribution in [3.8, 4) is 0 Å². The van der Waals surface area contributed by atoms with Gasteiger partial charge in [0.05, 0.1) is 0 Å². The average molecular weight is 300 g/mol. The molecule has 1 saturated heterocycles. The fraction of sp³-hybridized carbons (Fsp3) is 0.500. The molecule has 0 bridgehead atoms. The number of piperazine rings is 1. The average Bonchev–Trinajstić information content (AvgIpc) is 2.42. The summed E-state index contributed by atoms with van der Waals surface area (Å²) in [6.07, 6.45) is 0. The number of likely N-dealkylation sites (N-methyl/N-ethyl adjacent to an activating group) is 1. The van der Waals surface area contributed by atoms with E-state index in [2.05, 4.69) is 5.32 Å². The Labute approximate surface area is 123 Å². The Balaban J connectivity index is 2.16. The number of nitrogens with one attached hydrogen (secondary N) is 1. The maximum absolute atomic E-state index is 13.3. The summed E-state index contributed by atoms with van der Waals surface area (Å²) in [7, 11) is 3.48. The molecule has 6 heteroatoms. The number of amides is 1. The summed E-state index contributed by atoms with van der Waals surface area (Å²) < 4.78 is 13.3. The second kappa shape index (κ2) is 6.52. The van der Waals surface area contributed by atoms with Crippen LogP contribution in [0, 0.1) is 5.82 Å². The van der Waals surface area contributed by atoms with Gasteiger partial charge >= 0.3 is 0 Å². The Morgan fingerprint density at radius 1 is 1.55 bits per heavy atom. The molecule has 0 spiro atoms. The molecule has 1 aromatic carbocycles. The number of rotatable bonds is 3. The second-order valence-corrected chi connectivity index (χ2v) is 5.57. The third kappa shape index (κ3) is 3.48. The van der Waals surface area contributed by atoms with Crippen LogP contribution in [0.3, 0.4) is 0 Å². The highest BCUT2D eigenvalue weighted by Crippen LogP contribution is 2.20. The van der Waals surface area contributed by atoms with Gasteiger partial charge < -0.3 is 10.2 Å². The molecule has 1 amide bonds. The molecule has 1 N–H and O–H groups in total. The molecule has 0 aromatic heterocycles. The van der Waals surface area contributed by atoms with Crippen molar-refractivity contribution in [2.75, 3.05) is 33.7 Å². The van der Waals surface area contributed by atoms with Crippen LogP contribution in [0.15, 0.2) is 18.2 Å². The second-order valence-electron chi connectivity index (χ2n) is 5.16. The van der Waals surface area contributed by atoms with Gasteiger partial charge in [-0.05, 0) is 23.8 Å². The number of nitrogens with zero attached hydrogens (tertiary/aromatic N) is 2. The molecule has 1 unspecified atom stereocenters. The molecule has 0 saturated carbocycles. The van der Waals surface area contributed by atoms with E-state index in [-0.39, 0.29) is 17.8 Å². The summed E-state index contributed by atoms with van der Waals surface area (Å²) in [5.41, 5.74) is 0.713. The maximum atomic E-state index is 13.3. The molecule has 1 fully saturated rings. The molecule has 4 nitrogen and oxygen atoms in total. The standard InChI is InChI=1S/C14H19ClFN3O/c1-18(2)14(20)13-8-17-5-6-19(13)9-10-7-11(16)3-4-12(10)15/h3-4,7,13,17H,5-6,8-9H2,1-2H3. The zero-order chi connectivity index (χ0) is 14.7. The smallest absolute Gasteiger partial charge is 0.240 e. The van der Waals surface area contributed by atoms with E-state index in [0.29, 0.717) is 23.7 Å². The van der Waals surface area contributed by atoms with E-state index in [4.69, 9.17) is 11.6 Å². The van der Waals surface area contributed by atoms with E-state index in [0.717, 1.165) is 13.1 Å². The molecule has 110 valence electrons. The Hall–Kier alpha value is -1.17. The third-order valence-corrected chi connectivity index (χ3v) is 3.83. The van der Waals surface area contributed by atoms with Gasteiger partial charge in [0, 0.05) is 45.3 Å². The largest absolute Gasteiger partial charge is 0.347 e. The van der Waals surface area contributed by atoms with Crippen molar-refractivity contribution in [1.82, 2.24) is 15.1 Å². The van der Waals surface area contributed by atoms with Crippen molar-refractivity contribution in [3.63, 3.8) is 0 Å². The van der Waals surface area contributed by atoms with Crippen molar-refractivity contribution in [3.05, 3.63) is 34.6 Å². The minimum atomic E-state index is -0.310. The van der Waals surface area contributed by atoms with E-state index >= 15 is 0 Å². The number of halogens is 2. The Bertz CT molecular complexity index is 495. The molecule has 1 aromatic rings. The molecule has 20 heavy (non-hydrogen) atoms. The Kier molecular flexibility index (Phi) is 4.96. The molecule has 1 heterocycles. The number of hydrogen-bond acceptors (Lipinski definition) is 3. The van der Waals surface area contributed by atoms with Gasteiger partial charge in [-0.25, -0.2) is 4.39 Å². The predicted octanol–water partition coefficient (Wildman–Crippen LogP) is 1.34. The van der Waals surface area contributed by atoms with Crippen LogP contribution in [0.5, 0.6) is 0 Å². The normalized spacial score (nSPS) is 19.9. The predicted molar refractivity (Wildman–Crippen MR) is 77.2 cm³/mol. The van der Waals surface area contributed by atoms with Crippen LogP contribution in [0.1, 0.15) is 5.56 Å². The lowest BCUT2D eigenvalue weighted by Crippen LogP contribution is -2.57. The first-order chi connectivity index (χ1) is 9.49. The maximum Gasteiger partial charge on any atom is 0.240 e. The van der Waals surface area contributed by atoms with Crippen molar-refractivity contribution in [2.24, 2.45) is 0 Å². The molecule has 1 aliphatic heterocycles. The van der Waals surface area contributed by atoms with E-state index < -0.39 is 0 Å². The summed E-state index contributed by atoms with van der Waals surface area (Å²) in [5, 5.41) is 3.74. The molecule has 1 atom stereocenters. The first kappa shape index (κ1) is 15.2. The molecule has 1 aliphatic rings. The van der Waals surface area contributed by atoms with Crippen molar-refractivity contribution >= 4 is 17.5 Å². The van der Waals surface area contributed by atoms with Crippen LogP contribution in [0.2, 0.25) is 5.02 Å². The molecular weight excluding hydrogens is 281 g/mol. The summed E-state index contributed by atoms with van der Waals surface area (Å²) in [6, 6.07) is 4.09. The highest BCUT2D eigenvalue weighted by Gasteiger charge is 2.29. The molecule has 0 radical (unpaired) electrons. The third-order valence-electron chi connectivity index (χ3n) is 3.46. The van der Waals surface area contributed by atoms with Gasteiger partial charge in [0.25, 0.3) is 0 Å². The van der Waals surface area contributed by atoms with E-state index in [1.54, 1.807) is 25.1 Å². The SMILES string of the molecule is CN(C)C(=O)C1CNCCN1Cc1cc(F)ccc1Cl. The number of hydrogen-bond donors (Lipinski definition) is 1. The van der Waals surface area contributed by atoms with Gasteiger partial charge in [-0.15, -0.1) is 0 Å². The molecular formula is C14H19ClFN3O. The summed E-state index contributed by atoms with van der Waals surface area (Å²) >= 11 is 6.10. The van der Waals surface area contributed by atoms with Crippen LogP contribution in [0.4, 0.5) is 4.39 Å². The quantitative estimate of drug-likeness (QED) is 0.915. The minimum absolute atomic E-state index is 0.0460. The topological polar surface area (TPSA) is 35.6 Å². The van der Waals surface area contributed by atoms with Crippen LogP contribution < -0.4 is 5.32 Å². The minimum Gasteiger partial charge on any atom is -0.347 e. The Morgan fingerprint density at radius 2 is 2.30 bits per heavy atom. The first-order valence-corrected chi connectivity index (χ1v) is 6.96. The van der Waals surface area contributed by atoms with Crippen LogP contribution >= 0.6 is 11.6 Å². The monoisotopic (exact) mass is 299 g/mol. The zero-order valence-electron chi connectivity index (χ0n) is 11.7. The summed E-state index contributed by atoms with van der Waals surface area (Å²) in [6.45, 7) is 2.62. The highest BCUT2D eigenvalue weighted by molar-refractivity contribution is 6.31. The molecule has 0 aliphatic carbocycles. The highest BCUT2D eigenvalue weighted by atomic mass is 35.5. The Morgan fingerprint density at radius 3 is 3.00 bits per heavy atom. The summed E-state index contributed by atoms with van der Waals surface area (Å²) in [4.78, 5) is 15.8. The van der Waals surface area contributed by atoms with E-state index in [1.807, 2.05) is 4.90 Å². The number of carbonyl (C=O) groups is 1. The van der Waals surface area contributed by atoms with Gasteiger partial charge in [-0.3, -0.25) is 9.69 Å².